The second-order valence-corrected chi connectivity index (χ2v) is 5.69. The molecule has 1 aliphatic rings. The number of hydrogen-bond acceptors (Lipinski definition) is 6. The highest BCUT2D eigenvalue weighted by atomic mass is 15.2. The molecule has 7 heteroatoms. The van der Waals surface area contributed by atoms with Crippen LogP contribution in [0, 0.1) is 0 Å². The Bertz CT molecular complexity index is 777. The molecule has 0 aromatic carbocycles. The number of pyridine rings is 1. The third kappa shape index (κ3) is 3.09. The van der Waals surface area contributed by atoms with Crippen LogP contribution in [0.15, 0.2) is 36.8 Å². The second kappa shape index (κ2) is 6.21. The SMILES string of the molecule is c1cncc(Nc2nc(NC3CCCNC3)c3cc[nH]c3n2)c1. The van der Waals surface area contributed by atoms with Crippen molar-refractivity contribution in [3.05, 3.63) is 36.8 Å². The lowest BCUT2D eigenvalue weighted by Crippen LogP contribution is -2.38. The molecule has 4 N–H and O–H groups in total. The molecule has 1 fully saturated rings. The van der Waals surface area contributed by atoms with Crippen LogP contribution in [0.5, 0.6) is 0 Å². The molecule has 1 unspecified atom stereocenters. The Balaban J connectivity index is 1.64. The Hall–Kier alpha value is -2.67. The van der Waals surface area contributed by atoms with Crippen LogP contribution in [-0.2, 0) is 0 Å². The van der Waals surface area contributed by atoms with E-state index in [2.05, 4.69) is 35.9 Å². The summed E-state index contributed by atoms with van der Waals surface area (Å²) >= 11 is 0. The summed E-state index contributed by atoms with van der Waals surface area (Å²) in [6.07, 6.45) is 7.70. The van der Waals surface area contributed by atoms with Gasteiger partial charge in [0.1, 0.15) is 11.5 Å². The van der Waals surface area contributed by atoms with Crippen molar-refractivity contribution in [2.24, 2.45) is 0 Å². The third-order valence-corrected chi connectivity index (χ3v) is 3.97. The maximum atomic E-state index is 4.65. The van der Waals surface area contributed by atoms with Crippen molar-refractivity contribution >= 4 is 28.5 Å². The molecule has 0 amide bonds. The van der Waals surface area contributed by atoms with Crippen molar-refractivity contribution in [2.45, 2.75) is 18.9 Å². The average molecular weight is 309 g/mol. The fraction of sp³-hybridized carbons (Fsp3) is 0.312. The van der Waals surface area contributed by atoms with E-state index in [4.69, 9.17) is 0 Å². The minimum Gasteiger partial charge on any atom is -0.365 e. The Morgan fingerprint density at radius 2 is 2.22 bits per heavy atom. The highest BCUT2D eigenvalue weighted by Gasteiger charge is 2.16. The first kappa shape index (κ1) is 14.0. The predicted octanol–water partition coefficient (Wildman–Crippen LogP) is 2.26. The quantitative estimate of drug-likeness (QED) is 0.591. The zero-order valence-corrected chi connectivity index (χ0v) is 12.7. The largest absolute Gasteiger partial charge is 0.365 e. The van der Waals surface area contributed by atoms with E-state index in [1.807, 2.05) is 24.4 Å². The first-order valence-electron chi connectivity index (χ1n) is 7.88. The van der Waals surface area contributed by atoms with E-state index in [9.17, 15) is 0 Å². The van der Waals surface area contributed by atoms with Gasteiger partial charge in [0.05, 0.1) is 17.3 Å². The van der Waals surface area contributed by atoms with Crippen LogP contribution >= 0.6 is 0 Å². The maximum Gasteiger partial charge on any atom is 0.231 e. The number of H-pyrrole nitrogens is 1. The minimum absolute atomic E-state index is 0.392. The van der Waals surface area contributed by atoms with Crippen LogP contribution < -0.4 is 16.0 Å². The van der Waals surface area contributed by atoms with Crippen LogP contribution in [0.2, 0.25) is 0 Å². The van der Waals surface area contributed by atoms with Gasteiger partial charge in [0.2, 0.25) is 5.95 Å². The number of nitrogens with one attached hydrogen (secondary N) is 4. The zero-order valence-electron chi connectivity index (χ0n) is 12.7. The van der Waals surface area contributed by atoms with Crippen molar-refractivity contribution < 1.29 is 0 Å². The summed E-state index contributed by atoms with van der Waals surface area (Å²) < 4.78 is 0. The Labute approximate surface area is 134 Å². The van der Waals surface area contributed by atoms with Gasteiger partial charge in [0, 0.05) is 25.0 Å². The number of nitrogens with zero attached hydrogens (tertiary/aromatic N) is 3. The lowest BCUT2D eigenvalue weighted by molar-refractivity contribution is 0.479. The summed E-state index contributed by atoms with van der Waals surface area (Å²) in [5.74, 6) is 1.41. The summed E-state index contributed by atoms with van der Waals surface area (Å²) in [6, 6.07) is 6.21. The smallest absolute Gasteiger partial charge is 0.231 e. The Morgan fingerprint density at radius 3 is 3.04 bits per heavy atom. The van der Waals surface area contributed by atoms with Gasteiger partial charge < -0.3 is 20.9 Å². The number of aromatic amines is 1. The van der Waals surface area contributed by atoms with Crippen LogP contribution in [0.4, 0.5) is 17.5 Å². The number of rotatable bonds is 4. The normalized spacial score (nSPS) is 18.0. The molecule has 23 heavy (non-hydrogen) atoms. The molecule has 0 radical (unpaired) electrons. The third-order valence-electron chi connectivity index (χ3n) is 3.97. The molecule has 1 atom stereocenters. The van der Waals surface area contributed by atoms with Gasteiger partial charge in [-0.3, -0.25) is 4.98 Å². The molecule has 4 rings (SSSR count). The van der Waals surface area contributed by atoms with E-state index in [-0.39, 0.29) is 0 Å². The molecular weight excluding hydrogens is 290 g/mol. The molecule has 118 valence electrons. The average Bonchev–Trinajstić information content (AvgIpc) is 3.05. The number of aromatic nitrogens is 4. The molecule has 0 aliphatic carbocycles. The molecule has 1 aliphatic heterocycles. The van der Waals surface area contributed by atoms with Gasteiger partial charge in [0.25, 0.3) is 0 Å². The minimum atomic E-state index is 0.392. The van der Waals surface area contributed by atoms with E-state index in [1.165, 1.54) is 6.42 Å². The molecule has 0 saturated carbocycles. The van der Waals surface area contributed by atoms with E-state index in [0.29, 0.717) is 12.0 Å². The standard InChI is InChI=1S/C16H19N7/c1-3-11(9-17-6-1)20-15-13-5-8-19-14(13)22-16(23-15)21-12-4-2-7-18-10-12/h2,4-5,7-8,10-11,17H,1,3,6,9H2,(H3,19,20,21,22,23). The van der Waals surface area contributed by atoms with E-state index < -0.39 is 0 Å². The van der Waals surface area contributed by atoms with Crippen molar-refractivity contribution in [2.75, 3.05) is 23.7 Å². The summed E-state index contributed by atoms with van der Waals surface area (Å²) in [6.45, 7) is 2.05. The molecule has 7 nitrogen and oxygen atoms in total. The van der Waals surface area contributed by atoms with Gasteiger partial charge >= 0.3 is 0 Å². The lowest BCUT2D eigenvalue weighted by Gasteiger charge is -2.24. The first-order valence-corrected chi connectivity index (χ1v) is 7.88. The van der Waals surface area contributed by atoms with Gasteiger partial charge in [0.15, 0.2) is 0 Å². The molecule has 1 saturated heterocycles. The van der Waals surface area contributed by atoms with Crippen molar-refractivity contribution in [3.8, 4) is 0 Å². The highest BCUT2D eigenvalue weighted by molar-refractivity contribution is 5.88. The topological polar surface area (TPSA) is 90.5 Å². The summed E-state index contributed by atoms with van der Waals surface area (Å²) in [5.41, 5.74) is 1.68. The van der Waals surface area contributed by atoms with E-state index >= 15 is 0 Å². The monoisotopic (exact) mass is 309 g/mol. The van der Waals surface area contributed by atoms with Crippen LogP contribution in [0.25, 0.3) is 11.0 Å². The van der Waals surface area contributed by atoms with Gasteiger partial charge in [-0.1, -0.05) is 0 Å². The molecule has 3 aromatic heterocycles. The van der Waals surface area contributed by atoms with E-state index in [1.54, 1.807) is 12.4 Å². The number of fused-ring (bicyclic) bond motifs is 1. The van der Waals surface area contributed by atoms with Crippen LogP contribution in [0.3, 0.4) is 0 Å². The van der Waals surface area contributed by atoms with Crippen LogP contribution in [-0.4, -0.2) is 39.1 Å². The summed E-state index contributed by atoms with van der Waals surface area (Å²) in [4.78, 5) is 16.4. The van der Waals surface area contributed by atoms with E-state index in [0.717, 1.165) is 42.0 Å². The first-order chi connectivity index (χ1) is 11.4. The number of anilines is 3. The van der Waals surface area contributed by atoms with Gasteiger partial charge in [-0.05, 0) is 37.6 Å². The summed E-state index contributed by atoms with van der Waals surface area (Å²) in [5, 5.41) is 11.2. The summed E-state index contributed by atoms with van der Waals surface area (Å²) in [7, 11) is 0. The fourth-order valence-corrected chi connectivity index (χ4v) is 2.84. The Kier molecular flexibility index (Phi) is 3.77. The number of piperidine rings is 1. The molecule has 0 spiro atoms. The number of hydrogen-bond donors (Lipinski definition) is 4. The van der Waals surface area contributed by atoms with Crippen LogP contribution in [0.1, 0.15) is 12.8 Å². The van der Waals surface area contributed by atoms with Crippen molar-refractivity contribution in [3.63, 3.8) is 0 Å². The molecule has 0 bridgehead atoms. The Morgan fingerprint density at radius 1 is 1.22 bits per heavy atom. The fourth-order valence-electron chi connectivity index (χ4n) is 2.84. The second-order valence-electron chi connectivity index (χ2n) is 5.69. The van der Waals surface area contributed by atoms with Gasteiger partial charge in [-0.25, -0.2) is 0 Å². The molecular formula is C16H19N7. The van der Waals surface area contributed by atoms with Crippen molar-refractivity contribution in [1.82, 2.24) is 25.3 Å². The maximum absolute atomic E-state index is 4.65. The zero-order chi connectivity index (χ0) is 15.5. The lowest BCUT2D eigenvalue weighted by atomic mass is 10.1. The van der Waals surface area contributed by atoms with Crippen molar-refractivity contribution in [1.29, 1.82) is 0 Å². The van der Waals surface area contributed by atoms with Gasteiger partial charge in [-0.15, -0.1) is 0 Å². The predicted molar refractivity (Wildman–Crippen MR) is 90.9 cm³/mol. The molecule has 3 aromatic rings. The van der Waals surface area contributed by atoms with Gasteiger partial charge in [-0.2, -0.15) is 9.97 Å². The molecule has 4 heterocycles. The highest BCUT2D eigenvalue weighted by Crippen LogP contribution is 2.24.